The molecule has 0 amide bonds. The molecule has 0 rings (SSSR count). The number of allylic oxidation sites excluding steroid dienone is 24. The van der Waals surface area contributed by atoms with Crippen molar-refractivity contribution in [2.45, 2.75) is 297 Å². The summed E-state index contributed by atoms with van der Waals surface area (Å²) in [6, 6.07) is 0. The summed E-state index contributed by atoms with van der Waals surface area (Å²) in [4.78, 5) is 38.4. The number of esters is 3. The minimum absolute atomic E-state index is 0.0974. The van der Waals surface area contributed by atoms with Crippen molar-refractivity contribution in [3.05, 3.63) is 146 Å². The Hall–Kier alpha value is -4.71. The lowest BCUT2D eigenvalue weighted by molar-refractivity contribution is -0.167. The van der Waals surface area contributed by atoms with E-state index in [9.17, 15) is 14.4 Å². The highest BCUT2D eigenvalue weighted by Gasteiger charge is 2.19. The molecule has 0 aliphatic rings. The molecule has 0 aliphatic carbocycles. The second kappa shape index (κ2) is 67.8. The summed E-state index contributed by atoms with van der Waals surface area (Å²) in [6.45, 7) is 6.37. The number of carbonyl (C=O) groups excluding carboxylic acids is 3. The molecule has 0 aromatic carbocycles. The highest BCUT2D eigenvalue weighted by molar-refractivity contribution is 5.71. The van der Waals surface area contributed by atoms with Crippen LogP contribution in [0.1, 0.15) is 290 Å². The molecule has 1 unspecified atom stereocenters. The first-order valence-electron chi connectivity index (χ1n) is 33.3. The second-order valence-corrected chi connectivity index (χ2v) is 21.6. The monoisotopic (exact) mass is 1120 g/mol. The Morgan fingerprint density at radius 2 is 0.481 bits per heavy atom. The van der Waals surface area contributed by atoms with Crippen LogP contribution in [0.5, 0.6) is 0 Å². The summed E-state index contributed by atoms with van der Waals surface area (Å²) in [7, 11) is 0. The van der Waals surface area contributed by atoms with Crippen molar-refractivity contribution >= 4 is 17.9 Å². The third-order valence-electron chi connectivity index (χ3n) is 13.8. The first-order chi connectivity index (χ1) is 40.0. The van der Waals surface area contributed by atoms with Crippen molar-refractivity contribution in [1.82, 2.24) is 0 Å². The van der Waals surface area contributed by atoms with Crippen molar-refractivity contribution in [2.24, 2.45) is 0 Å². The summed E-state index contributed by atoms with van der Waals surface area (Å²) in [6.07, 6.45) is 97.0. The summed E-state index contributed by atoms with van der Waals surface area (Å²) < 4.78 is 16.9. The van der Waals surface area contributed by atoms with Gasteiger partial charge in [-0.05, 0) is 141 Å². The van der Waals surface area contributed by atoms with Crippen LogP contribution in [0.15, 0.2) is 146 Å². The number of hydrogen-bond acceptors (Lipinski definition) is 6. The van der Waals surface area contributed by atoms with Gasteiger partial charge < -0.3 is 14.2 Å². The van der Waals surface area contributed by atoms with Gasteiger partial charge in [0.15, 0.2) is 6.10 Å². The normalized spacial score (nSPS) is 13.1. The number of unbranched alkanes of at least 4 members (excludes halogenated alkanes) is 24. The van der Waals surface area contributed by atoms with Gasteiger partial charge in [-0.15, -0.1) is 0 Å². The molecule has 0 aromatic heterocycles. The average molecular weight is 1120 g/mol. The maximum atomic E-state index is 12.9. The van der Waals surface area contributed by atoms with Crippen LogP contribution in [0, 0.1) is 0 Å². The fraction of sp³-hybridized carbons (Fsp3) is 0.640. The van der Waals surface area contributed by atoms with E-state index < -0.39 is 6.10 Å². The molecular weight excluding hydrogens is 997 g/mol. The third-order valence-corrected chi connectivity index (χ3v) is 13.8. The molecule has 0 heterocycles. The van der Waals surface area contributed by atoms with Gasteiger partial charge in [-0.1, -0.05) is 276 Å². The molecule has 0 aromatic rings. The lowest BCUT2D eigenvalue weighted by Crippen LogP contribution is -2.30. The van der Waals surface area contributed by atoms with E-state index in [-0.39, 0.29) is 31.1 Å². The molecule has 0 aliphatic heterocycles. The number of ether oxygens (including phenoxy) is 3. The van der Waals surface area contributed by atoms with Crippen molar-refractivity contribution in [3.63, 3.8) is 0 Å². The first-order valence-corrected chi connectivity index (χ1v) is 33.3. The Morgan fingerprint density at radius 1 is 0.259 bits per heavy atom. The molecule has 1 atom stereocenters. The maximum absolute atomic E-state index is 12.9. The Bertz CT molecular complexity index is 1760. The van der Waals surface area contributed by atoms with E-state index in [1.165, 1.54) is 89.9 Å². The summed E-state index contributed by atoms with van der Waals surface area (Å²) in [5, 5.41) is 0. The zero-order chi connectivity index (χ0) is 58.5. The molecule has 0 spiro atoms. The number of hydrogen-bond donors (Lipinski definition) is 0. The average Bonchev–Trinajstić information content (AvgIpc) is 3.47. The predicted molar refractivity (Wildman–Crippen MR) is 352 cm³/mol. The summed E-state index contributed by atoms with van der Waals surface area (Å²) in [5.74, 6) is -0.930. The fourth-order valence-corrected chi connectivity index (χ4v) is 8.88. The van der Waals surface area contributed by atoms with E-state index in [1.54, 1.807) is 0 Å². The van der Waals surface area contributed by atoms with Gasteiger partial charge in [0.2, 0.25) is 0 Å². The van der Waals surface area contributed by atoms with Crippen LogP contribution in [0.3, 0.4) is 0 Å². The van der Waals surface area contributed by atoms with Crippen LogP contribution in [-0.4, -0.2) is 37.2 Å². The van der Waals surface area contributed by atoms with Crippen molar-refractivity contribution in [1.29, 1.82) is 0 Å². The molecular formula is C75H122O6. The quantitative estimate of drug-likeness (QED) is 0.0261. The van der Waals surface area contributed by atoms with Gasteiger partial charge in [0.25, 0.3) is 0 Å². The third kappa shape index (κ3) is 66.0. The van der Waals surface area contributed by atoms with Crippen molar-refractivity contribution in [2.75, 3.05) is 13.2 Å². The fourth-order valence-electron chi connectivity index (χ4n) is 8.88. The Labute approximate surface area is 499 Å². The van der Waals surface area contributed by atoms with Crippen LogP contribution in [-0.2, 0) is 28.6 Å². The van der Waals surface area contributed by atoms with Gasteiger partial charge in [0.1, 0.15) is 13.2 Å². The van der Waals surface area contributed by atoms with E-state index in [0.717, 1.165) is 161 Å². The largest absolute Gasteiger partial charge is 0.462 e. The van der Waals surface area contributed by atoms with E-state index >= 15 is 0 Å². The lowest BCUT2D eigenvalue weighted by Gasteiger charge is -2.18. The van der Waals surface area contributed by atoms with Gasteiger partial charge in [-0.3, -0.25) is 14.4 Å². The topological polar surface area (TPSA) is 78.9 Å². The zero-order valence-electron chi connectivity index (χ0n) is 52.5. The minimum Gasteiger partial charge on any atom is -0.462 e. The molecule has 0 fully saturated rings. The van der Waals surface area contributed by atoms with Crippen molar-refractivity contribution in [3.8, 4) is 0 Å². The Kier molecular flexibility index (Phi) is 63.9. The van der Waals surface area contributed by atoms with E-state index in [0.29, 0.717) is 19.3 Å². The minimum atomic E-state index is -0.805. The molecule has 0 radical (unpaired) electrons. The van der Waals surface area contributed by atoms with E-state index in [1.807, 2.05) is 0 Å². The highest BCUT2D eigenvalue weighted by Crippen LogP contribution is 2.15. The molecule has 6 heteroatoms. The van der Waals surface area contributed by atoms with Crippen LogP contribution in [0.2, 0.25) is 0 Å². The van der Waals surface area contributed by atoms with Gasteiger partial charge in [-0.2, -0.15) is 0 Å². The lowest BCUT2D eigenvalue weighted by atomic mass is 10.1. The van der Waals surface area contributed by atoms with Gasteiger partial charge in [0.05, 0.1) is 0 Å². The summed E-state index contributed by atoms with van der Waals surface area (Å²) >= 11 is 0. The van der Waals surface area contributed by atoms with Crippen LogP contribution < -0.4 is 0 Å². The molecule has 0 N–H and O–H groups in total. The van der Waals surface area contributed by atoms with Gasteiger partial charge in [0, 0.05) is 19.3 Å². The zero-order valence-corrected chi connectivity index (χ0v) is 52.5. The molecule has 0 saturated heterocycles. The maximum Gasteiger partial charge on any atom is 0.306 e. The molecule has 458 valence electrons. The molecule has 81 heavy (non-hydrogen) atoms. The van der Waals surface area contributed by atoms with Crippen molar-refractivity contribution < 1.29 is 28.6 Å². The first kappa shape index (κ1) is 76.3. The highest BCUT2D eigenvalue weighted by atomic mass is 16.6. The van der Waals surface area contributed by atoms with Crippen LogP contribution >= 0.6 is 0 Å². The molecule has 0 bridgehead atoms. The Morgan fingerprint density at radius 3 is 0.753 bits per heavy atom. The van der Waals surface area contributed by atoms with Crippen LogP contribution in [0.25, 0.3) is 0 Å². The number of carbonyl (C=O) groups is 3. The molecule has 0 saturated carbocycles. The van der Waals surface area contributed by atoms with E-state index in [4.69, 9.17) is 14.2 Å². The number of rotatable bonds is 59. The standard InChI is InChI=1S/C75H122O6/c1-4-7-10-13-16-19-22-25-28-31-34-36-37-39-41-44-47-50-53-56-59-62-65-68-74(77)80-71-72(70-79-73(76)67-64-61-58-55-52-49-46-43-40-33-30-27-24-21-18-15-12-9-6-3)81-75(78)69-66-63-60-57-54-51-48-45-42-38-35-32-29-26-23-20-17-14-11-8-5-2/h7-8,10-11,16-21,25-30,34-36,38,40,43,45,48,72H,4-6,9,12-15,22-24,31-33,37,39,41-42,44,46-47,49-71H2,1-3H3/b10-7-,11-8-,19-16-,20-17-,21-18-,28-25-,29-26-,30-27-,36-34-,38-35-,43-40-,48-45-. The Balaban J connectivity index is 4.47. The van der Waals surface area contributed by atoms with Crippen LogP contribution in [0.4, 0.5) is 0 Å². The van der Waals surface area contributed by atoms with E-state index in [2.05, 4.69) is 167 Å². The smallest absolute Gasteiger partial charge is 0.306 e. The van der Waals surface area contributed by atoms with Gasteiger partial charge >= 0.3 is 17.9 Å². The summed E-state index contributed by atoms with van der Waals surface area (Å²) in [5.41, 5.74) is 0. The van der Waals surface area contributed by atoms with Gasteiger partial charge in [-0.25, -0.2) is 0 Å². The second-order valence-electron chi connectivity index (χ2n) is 21.6. The predicted octanol–water partition coefficient (Wildman–Crippen LogP) is 23.1. The SMILES string of the molecule is CC/C=C\C/C=C\C/C=C\C/C=C\C/C=C\CCCCCCCC(=O)OC(COC(=O)CCCCCCCC/C=C\C/C=C\C/C=C\CCCCC)COC(=O)CCCCCCCCCCCC/C=C\C/C=C\C/C=C\C/C=C\CC. The molecule has 6 nitrogen and oxygen atoms in total.